The fourth-order valence-corrected chi connectivity index (χ4v) is 6.87. The first-order chi connectivity index (χ1) is 14.8. The van der Waals surface area contributed by atoms with Gasteiger partial charge in [0.15, 0.2) is 5.13 Å². The van der Waals surface area contributed by atoms with Crippen molar-refractivity contribution in [2.24, 2.45) is 0 Å². The van der Waals surface area contributed by atoms with Gasteiger partial charge in [0, 0.05) is 56.4 Å². The first-order valence-corrected chi connectivity index (χ1v) is 13.2. The maximum absolute atomic E-state index is 13.3. The topological polar surface area (TPSA) is 66.0 Å². The number of benzene rings is 1. The third-order valence-electron chi connectivity index (χ3n) is 5.88. The van der Waals surface area contributed by atoms with Crippen molar-refractivity contribution in [2.45, 2.75) is 38.2 Å². The van der Waals surface area contributed by atoms with Gasteiger partial charge in [-0.2, -0.15) is 4.31 Å². The van der Waals surface area contributed by atoms with E-state index in [2.05, 4.69) is 21.7 Å². The van der Waals surface area contributed by atoms with Crippen molar-refractivity contribution in [1.29, 1.82) is 0 Å². The Labute approximate surface area is 193 Å². The van der Waals surface area contributed by atoms with Gasteiger partial charge in [0.2, 0.25) is 10.0 Å². The van der Waals surface area contributed by atoms with E-state index in [1.807, 2.05) is 19.9 Å². The largest absolute Gasteiger partial charge is 0.377 e. The quantitative estimate of drug-likeness (QED) is 0.661. The van der Waals surface area contributed by atoms with E-state index in [0.29, 0.717) is 26.2 Å². The summed E-state index contributed by atoms with van der Waals surface area (Å²) < 4.78 is 33.8. The van der Waals surface area contributed by atoms with E-state index in [0.717, 1.165) is 42.6 Å². The van der Waals surface area contributed by atoms with Crippen molar-refractivity contribution in [1.82, 2.24) is 9.29 Å². The van der Waals surface area contributed by atoms with E-state index in [4.69, 9.17) is 16.3 Å². The summed E-state index contributed by atoms with van der Waals surface area (Å²) in [6.07, 6.45) is 1.07. The zero-order chi connectivity index (χ0) is 22.2. The van der Waals surface area contributed by atoms with Crippen LogP contribution in [0.25, 0.3) is 0 Å². The average Bonchev–Trinajstić information content (AvgIpc) is 2.94. The highest BCUT2D eigenvalue weighted by molar-refractivity contribution is 7.89. The first kappa shape index (κ1) is 22.8. The second kappa shape index (κ2) is 9.23. The lowest BCUT2D eigenvalue weighted by molar-refractivity contribution is 0.0821. The van der Waals surface area contributed by atoms with E-state index in [-0.39, 0.29) is 16.0 Å². The molecule has 2 fully saturated rings. The minimum absolute atomic E-state index is 0.131. The van der Waals surface area contributed by atoms with Gasteiger partial charge in [0.25, 0.3) is 0 Å². The molecule has 1 unspecified atom stereocenters. The number of nitrogens with zero attached hydrogens (tertiary/aromatic N) is 4. The van der Waals surface area contributed by atoms with Crippen LogP contribution in [-0.4, -0.2) is 69.7 Å². The molecule has 0 bridgehead atoms. The van der Waals surface area contributed by atoms with E-state index in [1.54, 1.807) is 23.5 Å². The molecule has 31 heavy (non-hydrogen) atoms. The molecule has 2 aliphatic heterocycles. The Balaban J connectivity index is 1.47. The van der Waals surface area contributed by atoms with E-state index >= 15 is 0 Å². The highest BCUT2D eigenvalue weighted by Gasteiger charge is 2.31. The van der Waals surface area contributed by atoms with Crippen LogP contribution in [0.2, 0.25) is 5.02 Å². The Morgan fingerprint density at radius 2 is 1.87 bits per heavy atom. The number of halogens is 1. The highest BCUT2D eigenvalue weighted by Crippen LogP contribution is 2.32. The predicted octanol–water partition coefficient (Wildman–Crippen LogP) is 3.54. The summed E-state index contributed by atoms with van der Waals surface area (Å²) in [6, 6.07) is 5.27. The molecule has 3 heterocycles. The highest BCUT2D eigenvalue weighted by atomic mass is 35.5. The Kier molecular flexibility index (Phi) is 6.79. The zero-order valence-electron chi connectivity index (χ0n) is 18.2. The lowest BCUT2D eigenvalue weighted by Crippen LogP contribution is -2.48. The smallest absolute Gasteiger partial charge is 0.244 e. The molecule has 0 saturated carbocycles. The molecule has 7 nitrogen and oxygen atoms in total. The van der Waals surface area contributed by atoms with Gasteiger partial charge in [0.05, 0.1) is 16.8 Å². The number of aromatic nitrogens is 1. The summed E-state index contributed by atoms with van der Waals surface area (Å²) >= 11 is 8.15. The summed E-state index contributed by atoms with van der Waals surface area (Å²) in [5.74, 6) is 0. The van der Waals surface area contributed by atoms with Crippen LogP contribution < -0.4 is 9.80 Å². The summed E-state index contributed by atoms with van der Waals surface area (Å²) in [4.78, 5) is 10.3. The fraction of sp³-hybridized carbons (Fsp3) is 0.571. The molecule has 1 aromatic carbocycles. The number of rotatable bonds is 4. The Morgan fingerprint density at radius 1 is 1.13 bits per heavy atom. The average molecular weight is 485 g/mol. The normalized spacial score (nSPS) is 21.4. The molecule has 0 N–H and O–H groups in total. The van der Waals surface area contributed by atoms with Crippen molar-refractivity contribution < 1.29 is 13.2 Å². The third kappa shape index (κ3) is 4.85. The third-order valence-corrected chi connectivity index (χ3v) is 9.39. The number of piperazine rings is 1. The molecule has 2 aliphatic rings. The lowest BCUT2D eigenvalue weighted by atomic mass is 10.2. The van der Waals surface area contributed by atoms with Gasteiger partial charge in [-0.1, -0.05) is 11.6 Å². The Bertz CT molecular complexity index is 1020. The zero-order valence-corrected chi connectivity index (χ0v) is 20.6. The Morgan fingerprint density at radius 3 is 2.52 bits per heavy atom. The fourth-order valence-electron chi connectivity index (χ4n) is 3.97. The molecule has 170 valence electrons. The number of hydrogen-bond acceptors (Lipinski definition) is 7. The molecule has 0 radical (unpaired) electrons. The predicted molar refractivity (Wildman–Crippen MR) is 126 cm³/mol. The van der Waals surface area contributed by atoms with Gasteiger partial charge < -0.3 is 14.5 Å². The van der Waals surface area contributed by atoms with Gasteiger partial charge >= 0.3 is 0 Å². The van der Waals surface area contributed by atoms with Gasteiger partial charge in [-0.25, -0.2) is 13.4 Å². The second-order valence-corrected chi connectivity index (χ2v) is 11.6. The monoisotopic (exact) mass is 484 g/mol. The SMILES string of the molecule is Cc1nc(N2CCN(S(=O)(=O)c3ccc(N4CCCOC(C)C4)cc3Cl)CC2)sc1C. The van der Waals surface area contributed by atoms with Crippen LogP contribution in [0.15, 0.2) is 23.1 Å². The van der Waals surface area contributed by atoms with Crippen molar-refractivity contribution in [3.05, 3.63) is 33.8 Å². The minimum Gasteiger partial charge on any atom is -0.377 e. The van der Waals surface area contributed by atoms with Crippen molar-refractivity contribution in [2.75, 3.05) is 55.7 Å². The number of sulfonamides is 1. The summed E-state index contributed by atoms with van der Waals surface area (Å²) in [5, 5.41) is 1.23. The van der Waals surface area contributed by atoms with E-state index in [9.17, 15) is 8.42 Å². The Hall–Kier alpha value is -1.39. The molecule has 0 amide bonds. The maximum Gasteiger partial charge on any atom is 0.244 e. The van der Waals surface area contributed by atoms with E-state index < -0.39 is 10.0 Å². The van der Waals surface area contributed by atoms with Crippen LogP contribution in [0, 0.1) is 13.8 Å². The summed E-state index contributed by atoms with van der Waals surface area (Å²) in [5.41, 5.74) is 1.97. The number of hydrogen-bond donors (Lipinski definition) is 0. The van der Waals surface area contributed by atoms with Crippen LogP contribution in [0.5, 0.6) is 0 Å². The molecule has 10 heteroatoms. The minimum atomic E-state index is -3.65. The molecular weight excluding hydrogens is 456 g/mol. The molecule has 0 aliphatic carbocycles. The van der Waals surface area contributed by atoms with Gasteiger partial charge in [-0.15, -0.1) is 11.3 Å². The molecule has 1 atom stereocenters. The number of thiazole rings is 1. The van der Waals surface area contributed by atoms with Crippen molar-refractivity contribution in [3.63, 3.8) is 0 Å². The van der Waals surface area contributed by atoms with Crippen LogP contribution in [-0.2, 0) is 14.8 Å². The van der Waals surface area contributed by atoms with Crippen molar-refractivity contribution >= 4 is 43.8 Å². The molecule has 1 aromatic heterocycles. The number of aryl methyl sites for hydroxylation is 2. The molecular formula is C21H29ClN4O3S2. The van der Waals surface area contributed by atoms with Crippen molar-refractivity contribution in [3.8, 4) is 0 Å². The number of anilines is 2. The maximum atomic E-state index is 13.3. The first-order valence-electron chi connectivity index (χ1n) is 10.6. The lowest BCUT2D eigenvalue weighted by Gasteiger charge is -2.34. The molecule has 0 spiro atoms. The van der Waals surface area contributed by atoms with Crippen LogP contribution in [0.4, 0.5) is 10.8 Å². The van der Waals surface area contributed by atoms with Gasteiger partial charge in [-0.05, 0) is 45.4 Å². The standard InChI is InChI=1S/C21H29ClN4O3S2/c1-15-14-25(7-4-12-29-15)18-5-6-20(19(22)13-18)31(27,28)26-10-8-24(9-11-26)21-23-16(2)17(3)30-21/h5-6,13,15H,4,7-12,14H2,1-3H3. The van der Waals surface area contributed by atoms with Gasteiger partial charge in [-0.3, -0.25) is 0 Å². The molecule has 2 aromatic rings. The van der Waals surface area contributed by atoms with Gasteiger partial charge in [0.1, 0.15) is 4.90 Å². The summed E-state index contributed by atoms with van der Waals surface area (Å²) in [6.45, 7) is 10.5. The summed E-state index contributed by atoms with van der Waals surface area (Å²) in [7, 11) is -3.65. The van der Waals surface area contributed by atoms with E-state index in [1.165, 1.54) is 9.18 Å². The van der Waals surface area contributed by atoms with Crippen LogP contribution >= 0.6 is 22.9 Å². The number of ether oxygens (including phenoxy) is 1. The molecule has 4 rings (SSSR count). The van der Waals surface area contributed by atoms with Crippen LogP contribution in [0.1, 0.15) is 23.9 Å². The second-order valence-electron chi connectivity index (χ2n) is 8.12. The van der Waals surface area contributed by atoms with Crippen LogP contribution in [0.3, 0.4) is 0 Å². The molecule has 2 saturated heterocycles.